The second-order valence-electron chi connectivity index (χ2n) is 9.34. The van der Waals surface area contributed by atoms with E-state index < -0.39 is 27.9 Å². The highest BCUT2D eigenvalue weighted by Crippen LogP contribution is 2.21. The minimum atomic E-state index is -4.10. The molecule has 13 heteroatoms. The number of carbonyl (C=O) groups excluding carboxylic acids is 2. The molecule has 0 saturated carbocycles. The molecule has 0 spiro atoms. The van der Waals surface area contributed by atoms with E-state index in [1.165, 1.54) is 31.4 Å². The number of fused-ring (bicyclic) bond motifs is 1. The standard InChI is InChI=1S/C26H32N6O5S.ClH/c1-37-25(34)18-8-10-20(11-9-18)38(35,36)31-23(13-19-15-29-22-7-3-2-6-21(19)22)24(33)30-14-17-5-4-12-32(16-17)26(27)28;/h2-3,6-11,15,17,23,29,31H,4-5,12-14,16H2,1H3,(H3,27,28)(H,30,33);1H/t17?,23-;/m1./s1. The molecule has 4 rings (SSSR count). The average Bonchev–Trinajstić information content (AvgIpc) is 3.33. The monoisotopic (exact) mass is 576 g/mol. The lowest BCUT2D eigenvalue weighted by Gasteiger charge is -2.33. The summed E-state index contributed by atoms with van der Waals surface area (Å²) in [4.78, 5) is 29.9. The number of likely N-dealkylation sites (tertiary alicyclic amines) is 1. The van der Waals surface area contributed by atoms with Crippen LogP contribution in [0.2, 0.25) is 0 Å². The number of sulfonamides is 1. The van der Waals surface area contributed by atoms with Crippen LogP contribution >= 0.6 is 12.4 Å². The number of piperidine rings is 1. The van der Waals surface area contributed by atoms with Crippen molar-refractivity contribution in [1.82, 2.24) is 19.9 Å². The third-order valence-corrected chi connectivity index (χ3v) is 8.21. The number of benzene rings is 2. The lowest BCUT2D eigenvalue weighted by atomic mass is 9.98. The van der Waals surface area contributed by atoms with Gasteiger partial charge in [-0.15, -0.1) is 12.4 Å². The van der Waals surface area contributed by atoms with Gasteiger partial charge < -0.3 is 25.7 Å². The number of carbonyl (C=O) groups is 2. The van der Waals surface area contributed by atoms with Gasteiger partial charge in [0.05, 0.1) is 17.6 Å². The number of aromatic nitrogens is 1. The molecule has 2 heterocycles. The molecule has 1 unspecified atom stereocenters. The van der Waals surface area contributed by atoms with Crippen molar-refractivity contribution in [3.63, 3.8) is 0 Å². The first-order valence-corrected chi connectivity index (χ1v) is 13.8. The highest BCUT2D eigenvalue weighted by molar-refractivity contribution is 7.89. The van der Waals surface area contributed by atoms with E-state index in [1.54, 1.807) is 11.1 Å². The van der Waals surface area contributed by atoms with Crippen molar-refractivity contribution in [1.29, 1.82) is 5.41 Å². The molecule has 0 aliphatic carbocycles. The summed E-state index contributed by atoms with van der Waals surface area (Å²) in [7, 11) is -2.86. The number of nitrogens with one attached hydrogen (secondary N) is 4. The zero-order valence-corrected chi connectivity index (χ0v) is 23.1. The molecule has 3 aromatic rings. The molecule has 1 aromatic heterocycles. The molecular formula is C26H33ClN6O5S. The number of rotatable bonds is 9. The molecule has 1 amide bonds. The number of ether oxygens (including phenoxy) is 1. The lowest BCUT2D eigenvalue weighted by Crippen LogP contribution is -2.51. The van der Waals surface area contributed by atoms with Gasteiger partial charge in [-0.2, -0.15) is 4.72 Å². The maximum atomic E-state index is 13.4. The van der Waals surface area contributed by atoms with Crippen LogP contribution in [-0.4, -0.2) is 68.9 Å². The zero-order chi connectivity index (χ0) is 27.3. The topological polar surface area (TPSA) is 170 Å². The number of aromatic amines is 1. The van der Waals surface area contributed by atoms with Crippen LogP contribution in [0.5, 0.6) is 0 Å². The smallest absolute Gasteiger partial charge is 0.337 e. The van der Waals surface area contributed by atoms with Crippen molar-refractivity contribution in [2.75, 3.05) is 26.7 Å². The molecule has 0 radical (unpaired) electrons. The molecule has 11 nitrogen and oxygen atoms in total. The van der Waals surface area contributed by atoms with E-state index >= 15 is 0 Å². The number of methoxy groups -OCH3 is 1. The minimum Gasteiger partial charge on any atom is -0.465 e. The van der Waals surface area contributed by atoms with Gasteiger partial charge in [0.15, 0.2) is 5.96 Å². The van der Waals surface area contributed by atoms with E-state index in [9.17, 15) is 18.0 Å². The van der Waals surface area contributed by atoms with Gasteiger partial charge >= 0.3 is 5.97 Å². The fraction of sp³-hybridized carbons (Fsp3) is 0.346. The second-order valence-corrected chi connectivity index (χ2v) is 11.1. The van der Waals surface area contributed by atoms with Crippen LogP contribution < -0.4 is 15.8 Å². The van der Waals surface area contributed by atoms with E-state index in [4.69, 9.17) is 11.1 Å². The van der Waals surface area contributed by atoms with Crippen LogP contribution in [0.25, 0.3) is 10.9 Å². The predicted molar refractivity (Wildman–Crippen MR) is 150 cm³/mol. The zero-order valence-electron chi connectivity index (χ0n) is 21.5. The fourth-order valence-electron chi connectivity index (χ4n) is 4.67. The Bertz CT molecular complexity index is 1430. The maximum Gasteiger partial charge on any atom is 0.337 e. The number of nitrogens with zero attached hydrogens (tertiary/aromatic N) is 1. The first-order chi connectivity index (χ1) is 18.2. The number of hydrogen-bond acceptors (Lipinski definition) is 6. The molecule has 39 heavy (non-hydrogen) atoms. The number of halogens is 1. The highest BCUT2D eigenvalue weighted by Gasteiger charge is 2.28. The van der Waals surface area contributed by atoms with Gasteiger partial charge in [-0.1, -0.05) is 18.2 Å². The number of esters is 1. The summed E-state index contributed by atoms with van der Waals surface area (Å²) in [5, 5.41) is 11.5. The summed E-state index contributed by atoms with van der Waals surface area (Å²) < 4.78 is 33.7. The first kappa shape index (κ1) is 29.9. The van der Waals surface area contributed by atoms with Crippen LogP contribution in [0.3, 0.4) is 0 Å². The van der Waals surface area contributed by atoms with Crippen LogP contribution in [0.15, 0.2) is 59.6 Å². The number of hydrogen-bond donors (Lipinski definition) is 5. The Labute approximate surface area is 233 Å². The van der Waals surface area contributed by atoms with Crippen LogP contribution in [0.1, 0.15) is 28.8 Å². The molecule has 0 bridgehead atoms. The van der Waals surface area contributed by atoms with Gasteiger partial charge in [-0.25, -0.2) is 13.2 Å². The summed E-state index contributed by atoms with van der Waals surface area (Å²) in [5.74, 6) is -0.938. The molecule has 1 fully saturated rings. The van der Waals surface area contributed by atoms with Gasteiger partial charge in [-0.05, 0) is 61.1 Å². The van der Waals surface area contributed by atoms with E-state index in [0.29, 0.717) is 19.6 Å². The van der Waals surface area contributed by atoms with Crippen molar-refractivity contribution in [2.24, 2.45) is 11.7 Å². The van der Waals surface area contributed by atoms with E-state index in [-0.39, 0.29) is 41.2 Å². The summed E-state index contributed by atoms with van der Waals surface area (Å²) in [5.41, 5.74) is 7.52. The third-order valence-electron chi connectivity index (χ3n) is 6.72. The Morgan fingerprint density at radius 1 is 1.21 bits per heavy atom. The van der Waals surface area contributed by atoms with Crippen molar-refractivity contribution >= 4 is 51.2 Å². The highest BCUT2D eigenvalue weighted by atomic mass is 35.5. The van der Waals surface area contributed by atoms with Crippen molar-refractivity contribution in [3.8, 4) is 0 Å². The Balaban J connectivity index is 0.00000420. The fourth-order valence-corrected chi connectivity index (χ4v) is 5.87. The second kappa shape index (κ2) is 13.0. The summed E-state index contributed by atoms with van der Waals surface area (Å²) in [6.07, 6.45) is 3.62. The van der Waals surface area contributed by atoms with Crippen LogP contribution in [0, 0.1) is 11.3 Å². The van der Waals surface area contributed by atoms with Crippen molar-refractivity contribution in [2.45, 2.75) is 30.2 Å². The minimum absolute atomic E-state index is 0. The molecule has 2 aromatic carbocycles. The van der Waals surface area contributed by atoms with Crippen LogP contribution in [0.4, 0.5) is 0 Å². The number of amides is 1. The number of guanidine groups is 1. The van der Waals surface area contributed by atoms with Gasteiger partial charge in [0.1, 0.15) is 6.04 Å². The number of H-pyrrole nitrogens is 1. The molecule has 1 saturated heterocycles. The Morgan fingerprint density at radius 3 is 2.62 bits per heavy atom. The number of para-hydroxylation sites is 1. The predicted octanol–water partition coefficient (Wildman–Crippen LogP) is 1.99. The van der Waals surface area contributed by atoms with Crippen molar-refractivity contribution < 1.29 is 22.7 Å². The Hall–Kier alpha value is -3.61. The molecule has 2 atom stereocenters. The lowest BCUT2D eigenvalue weighted by molar-refractivity contribution is -0.122. The maximum absolute atomic E-state index is 13.4. The van der Waals surface area contributed by atoms with E-state index in [1.807, 2.05) is 24.3 Å². The van der Waals surface area contributed by atoms with E-state index in [0.717, 1.165) is 29.3 Å². The molecule has 6 N–H and O–H groups in total. The van der Waals surface area contributed by atoms with Crippen molar-refractivity contribution in [3.05, 3.63) is 65.9 Å². The molecule has 1 aliphatic rings. The summed E-state index contributed by atoms with van der Waals surface area (Å²) in [6, 6.07) is 11.8. The Kier molecular flexibility index (Phi) is 9.95. The molecule has 1 aliphatic heterocycles. The van der Waals surface area contributed by atoms with Gasteiger partial charge in [0.2, 0.25) is 15.9 Å². The van der Waals surface area contributed by atoms with Crippen LogP contribution in [-0.2, 0) is 26.0 Å². The first-order valence-electron chi connectivity index (χ1n) is 12.3. The SMILES string of the molecule is COC(=O)c1ccc(S(=O)(=O)N[C@H](Cc2c[nH]c3ccccc23)C(=O)NCC2CCCN(C(=N)N)C2)cc1.Cl. The third kappa shape index (κ3) is 7.28. The number of nitrogens with two attached hydrogens (primary N) is 1. The normalized spacial score (nSPS) is 16.2. The Morgan fingerprint density at radius 2 is 1.92 bits per heavy atom. The van der Waals surface area contributed by atoms with E-state index in [2.05, 4.69) is 19.8 Å². The quantitative estimate of drug-likeness (QED) is 0.147. The summed E-state index contributed by atoms with van der Waals surface area (Å²) in [6.45, 7) is 1.60. The largest absolute Gasteiger partial charge is 0.465 e. The van der Waals surface area contributed by atoms with Gasteiger partial charge in [0.25, 0.3) is 0 Å². The molecular weight excluding hydrogens is 544 g/mol. The van der Waals surface area contributed by atoms with Gasteiger partial charge in [0, 0.05) is 36.7 Å². The van der Waals surface area contributed by atoms with Gasteiger partial charge in [-0.3, -0.25) is 10.2 Å². The molecule has 210 valence electrons. The summed E-state index contributed by atoms with van der Waals surface area (Å²) >= 11 is 0. The average molecular weight is 577 g/mol.